The van der Waals surface area contributed by atoms with E-state index >= 15 is 0 Å². The van der Waals surface area contributed by atoms with E-state index in [1.54, 1.807) is 12.1 Å². The number of hydrogen-bond donors (Lipinski definition) is 1. The maximum absolute atomic E-state index is 13.9. The van der Waals surface area contributed by atoms with Gasteiger partial charge in [0.25, 0.3) is 11.8 Å². The van der Waals surface area contributed by atoms with Crippen LogP contribution in [0.4, 0.5) is 14.5 Å². The van der Waals surface area contributed by atoms with Gasteiger partial charge in [-0.25, -0.2) is 8.78 Å². The zero-order valence-electron chi connectivity index (χ0n) is 14.8. The minimum Gasteiger partial charge on any atom is -0.331 e. The average Bonchev–Trinajstić information content (AvgIpc) is 3.01. The van der Waals surface area contributed by atoms with Crippen LogP contribution in [0, 0.1) is 11.6 Å². The number of nitrogens with zero attached hydrogens (tertiary/aromatic N) is 1. The largest absolute Gasteiger partial charge is 0.331 e. The maximum Gasteiger partial charge on any atom is 0.256 e. The first kappa shape index (κ1) is 17.6. The molecule has 0 spiro atoms. The number of hydrogen-bond acceptors (Lipinski definition) is 2. The van der Waals surface area contributed by atoms with Gasteiger partial charge in [0.15, 0.2) is 0 Å². The Hall–Kier alpha value is -2.76. The molecular weight excluding hydrogens is 350 g/mol. The molecule has 0 radical (unpaired) electrons. The fourth-order valence-electron chi connectivity index (χ4n) is 4.04. The van der Waals surface area contributed by atoms with Crippen molar-refractivity contribution in [2.75, 3.05) is 5.32 Å². The van der Waals surface area contributed by atoms with Crippen LogP contribution in [0.2, 0.25) is 0 Å². The second-order valence-electron chi connectivity index (χ2n) is 7.14. The van der Waals surface area contributed by atoms with Crippen molar-refractivity contribution in [3.63, 3.8) is 0 Å². The van der Waals surface area contributed by atoms with Crippen molar-refractivity contribution < 1.29 is 18.4 Å². The second kappa shape index (κ2) is 7.10. The van der Waals surface area contributed by atoms with E-state index in [0.717, 1.165) is 37.3 Å². The van der Waals surface area contributed by atoms with Gasteiger partial charge in [-0.1, -0.05) is 31.4 Å². The zero-order valence-corrected chi connectivity index (χ0v) is 14.8. The second-order valence-corrected chi connectivity index (χ2v) is 7.14. The number of fused-ring (bicyclic) bond motifs is 1. The van der Waals surface area contributed by atoms with Crippen molar-refractivity contribution in [1.82, 2.24) is 4.90 Å². The molecule has 0 bridgehead atoms. The Morgan fingerprint density at radius 3 is 2.59 bits per heavy atom. The monoisotopic (exact) mass is 370 g/mol. The van der Waals surface area contributed by atoms with Gasteiger partial charge in [-0.2, -0.15) is 0 Å². The Kier molecular flexibility index (Phi) is 4.64. The molecule has 0 aromatic heterocycles. The number of anilines is 1. The third-order valence-electron chi connectivity index (χ3n) is 5.41. The first-order valence-electron chi connectivity index (χ1n) is 9.24. The van der Waals surface area contributed by atoms with Gasteiger partial charge in [-0.15, -0.1) is 0 Å². The fraction of sp³-hybridized carbons (Fsp3) is 0.333. The minimum atomic E-state index is -0.855. The van der Waals surface area contributed by atoms with E-state index in [1.807, 2.05) is 11.0 Å². The van der Waals surface area contributed by atoms with Crippen LogP contribution >= 0.6 is 0 Å². The van der Waals surface area contributed by atoms with Crippen LogP contribution in [0.5, 0.6) is 0 Å². The van der Waals surface area contributed by atoms with Crippen LogP contribution in [0.3, 0.4) is 0 Å². The SMILES string of the molecule is O=C(Nc1ccc(F)cc1F)c1cccc2c1C(=O)N(C1CCCCC1)C2. The molecule has 2 aromatic carbocycles. The molecule has 4 rings (SSSR count). The average molecular weight is 370 g/mol. The Morgan fingerprint density at radius 2 is 1.85 bits per heavy atom. The third-order valence-corrected chi connectivity index (χ3v) is 5.41. The smallest absolute Gasteiger partial charge is 0.256 e. The van der Waals surface area contributed by atoms with E-state index in [4.69, 9.17) is 0 Å². The number of carbonyl (C=O) groups excluding carboxylic acids is 2. The highest BCUT2D eigenvalue weighted by Gasteiger charge is 2.36. The van der Waals surface area contributed by atoms with Crippen molar-refractivity contribution in [2.45, 2.75) is 44.7 Å². The van der Waals surface area contributed by atoms with E-state index in [9.17, 15) is 18.4 Å². The molecule has 2 amide bonds. The summed E-state index contributed by atoms with van der Waals surface area (Å²) in [7, 11) is 0. The van der Waals surface area contributed by atoms with E-state index in [2.05, 4.69) is 5.32 Å². The molecule has 140 valence electrons. The predicted octanol–water partition coefficient (Wildman–Crippen LogP) is 4.51. The molecule has 0 atom stereocenters. The molecule has 2 aromatic rings. The quantitative estimate of drug-likeness (QED) is 0.864. The Labute approximate surface area is 156 Å². The molecule has 1 N–H and O–H groups in total. The predicted molar refractivity (Wildman–Crippen MR) is 97.5 cm³/mol. The molecule has 1 aliphatic carbocycles. The highest BCUT2D eigenvalue weighted by Crippen LogP contribution is 2.33. The third kappa shape index (κ3) is 3.31. The summed E-state index contributed by atoms with van der Waals surface area (Å²) >= 11 is 0. The molecule has 1 saturated carbocycles. The fourth-order valence-corrected chi connectivity index (χ4v) is 4.04. The molecule has 0 saturated heterocycles. The van der Waals surface area contributed by atoms with Crippen LogP contribution in [-0.4, -0.2) is 22.8 Å². The lowest BCUT2D eigenvalue weighted by atomic mass is 9.94. The standard InChI is InChI=1S/C21H20F2N2O2/c22-14-9-10-18(17(23)11-14)24-20(26)16-8-4-5-13-12-25(21(27)19(13)16)15-6-2-1-3-7-15/h4-5,8-11,15H,1-3,6-7,12H2,(H,24,26). The van der Waals surface area contributed by atoms with E-state index in [-0.39, 0.29) is 23.2 Å². The lowest BCUT2D eigenvalue weighted by Gasteiger charge is -2.30. The highest BCUT2D eigenvalue weighted by atomic mass is 19.1. The van der Waals surface area contributed by atoms with Crippen LogP contribution in [0.15, 0.2) is 36.4 Å². The normalized spacial score (nSPS) is 17.1. The summed E-state index contributed by atoms with van der Waals surface area (Å²) in [5.41, 5.74) is 1.31. The molecule has 1 fully saturated rings. The van der Waals surface area contributed by atoms with Crippen LogP contribution in [-0.2, 0) is 6.54 Å². The van der Waals surface area contributed by atoms with Crippen LogP contribution < -0.4 is 5.32 Å². The number of rotatable bonds is 3. The summed E-state index contributed by atoms with van der Waals surface area (Å²) in [4.78, 5) is 27.6. The number of amides is 2. The number of carbonyl (C=O) groups is 2. The lowest BCUT2D eigenvalue weighted by Crippen LogP contribution is -2.37. The Bertz CT molecular complexity index is 907. The first-order valence-corrected chi connectivity index (χ1v) is 9.24. The highest BCUT2D eigenvalue weighted by molar-refractivity contribution is 6.13. The van der Waals surface area contributed by atoms with E-state index < -0.39 is 17.5 Å². The summed E-state index contributed by atoms with van der Waals surface area (Å²) in [6.07, 6.45) is 5.40. The van der Waals surface area contributed by atoms with Gasteiger partial charge in [-0.3, -0.25) is 9.59 Å². The van der Waals surface area contributed by atoms with E-state index in [0.29, 0.717) is 18.2 Å². The van der Waals surface area contributed by atoms with Crippen LogP contribution in [0.25, 0.3) is 0 Å². The summed E-state index contributed by atoms with van der Waals surface area (Å²) < 4.78 is 26.9. The van der Waals surface area contributed by atoms with Crippen molar-refractivity contribution in [3.05, 3.63) is 64.7 Å². The van der Waals surface area contributed by atoms with Gasteiger partial charge in [0.05, 0.1) is 16.8 Å². The van der Waals surface area contributed by atoms with E-state index in [1.165, 1.54) is 12.5 Å². The maximum atomic E-state index is 13.9. The first-order chi connectivity index (χ1) is 13.0. The molecule has 27 heavy (non-hydrogen) atoms. The molecule has 4 nitrogen and oxygen atoms in total. The van der Waals surface area contributed by atoms with Crippen molar-refractivity contribution >= 4 is 17.5 Å². The summed E-state index contributed by atoms with van der Waals surface area (Å²) in [6.45, 7) is 0.505. The van der Waals surface area contributed by atoms with Gasteiger partial charge in [-0.05, 0) is 36.6 Å². The summed E-state index contributed by atoms with van der Waals surface area (Å²) in [5.74, 6) is -2.28. The summed E-state index contributed by atoms with van der Waals surface area (Å²) in [5, 5.41) is 2.45. The molecular formula is C21H20F2N2O2. The zero-order chi connectivity index (χ0) is 19.0. The molecule has 1 aliphatic heterocycles. The Morgan fingerprint density at radius 1 is 1.07 bits per heavy atom. The summed E-state index contributed by atoms with van der Waals surface area (Å²) in [6, 6.07) is 8.31. The number of halogens is 2. The van der Waals surface area contributed by atoms with Crippen molar-refractivity contribution in [3.8, 4) is 0 Å². The van der Waals surface area contributed by atoms with Crippen molar-refractivity contribution in [2.24, 2.45) is 0 Å². The van der Waals surface area contributed by atoms with Crippen LogP contribution in [0.1, 0.15) is 58.4 Å². The van der Waals surface area contributed by atoms with Gasteiger partial charge in [0.2, 0.25) is 0 Å². The van der Waals surface area contributed by atoms with Gasteiger partial charge >= 0.3 is 0 Å². The molecule has 6 heteroatoms. The Balaban J connectivity index is 1.60. The minimum absolute atomic E-state index is 0.117. The molecule has 2 aliphatic rings. The van der Waals surface area contributed by atoms with Gasteiger partial charge in [0.1, 0.15) is 11.6 Å². The molecule has 1 heterocycles. The van der Waals surface area contributed by atoms with Crippen molar-refractivity contribution in [1.29, 1.82) is 0 Å². The van der Waals surface area contributed by atoms with Gasteiger partial charge in [0, 0.05) is 18.7 Å². The topological polar surface area (TPSA) is 49.4 Å². The number of nitrogens with one attached hydrogen (secondary N) is 1. The van der Waals surface area contributed by atoms with Gasteiger partial charge < -0.3 is 10.2 Å². The number of benzene rings is 2. The lowest BCUT2D eigenvalue weighted by molar-refractivity contribution is 0.0657. The molecule has 0 unspecified atom stereocenters.